The molecule has 1 atom stereocenters. The minimum absolute atomic E-state index is 0.146. The molecule has 2 aliphatic heterocycles. The lowest BCUT2D eigenvalue weighted by Crippen LogP contribution is -2.37. The highest BCUT2D eigenvalue weighted by atomic mass is 32.2. The van der Waals surface area contributed by atoms with Crippen molar-refractivity contribution in [2.24, 2.45) is 0 Å². The van der Waals surface area contributed by atoms with Crippen LogP contribution in [0.4, 0.5) is 0 Å². The maximum atomic E-state index is 12.6. The molecular formula is C19H28N2O4S. The van der Waals surface area contributed by atoms with Gasteiger partial charge < -0.3 is 9.64 Å². The molecule has 7 heteroatoms. The molecule has 0 aliphatic carbocycles. The van der Waals surface area contributed by atoms with Gasteiger partial charge in [-0.05, 0) is 42.5 Å². The molecule has 0 radical (unpaired) electrons. The second kappa shape index (κ2) is 8.50. The first-order valence-corrected chi connectivity index (χ1v) is 11.0. The summed E-state index contributed by atoms with van der Waals surface area (Å²) in [5.74, 6) is 0.198. The number of benzene rings is 1. The molecule has 144 valence electrons. The van der Waals surface area contributed by atoms with Gasteiger partial charge in [0, 0.05) is 32.2 Å². The molecule has 1 aromatic rings. The molecule has 0 bridgehead atoms. The van der Waals surface area contributed by atoms with Gasteiger partial charge in [-0.15, -0.1) is 0 Å². The Morgan fingerprint density at radius 3 is 2.88 bits per heavy atom. The van der Waals surface area contributed by atoms with E-state index in [0.29, 0.717) is 50.5 Å². The van der Waals surface area contributed by atoms with Crippen LogP contribution in [0.2, 0.25) is 0 Å². The smallest absolute Gasteiger partial charge is 0.240 e. The Morgan fingerprint density at radius 2 is 2.15 bits per heavy atom. The zero-order valence-electron chi connectivity index (χ0n) is 15.4. The lowest BCUT2D eigenvalue weighted by molar-refractivity contribution is -0.132. The Kier molecular flexibility index (Phi) is 6.32. The van der Waals surface area contributed by atoms with Gasteiger partial charge in [0.05, 0.1) is 11.5 Å². The highest BCUT2D eigenvalue weighted by Gasteiger charge is 2.26. The van der Waals surface area contributed by atoms with Gasteiger partial charge in [0.2, 0.25) is 15.9 Å². The normalized spacial score (nSPS) is 20.2. The van der Waals surface area contributed by atoms with E-state index >= 15 is 0 Å². The van der Waals surface area contributed by atoms with Crippen molar-refractivity contribution in [2.75, 3.05) is 19.8 Å². The monoisotopic (exact) mass is 380 g/mol. The van der Waals surface area contributed by atoms with E-state index in [1.54, 1.807) is 12.1 Å². The Morgan fingerprint density at radius 1 is 1.31 bits per heavy atom. The lowest BCUT2D eigenvalue weighted by atomic mass is 9.99. The standard InChI is InChI=1S/C19H28N2O4S/c1-2-3-4-5-19(22)21-10-8-15-12-18(7-6-16(15)13-21)26(23,24)20-17-9-11-25-14-17/h6-7,12,17,20H,2-5,8-11,13-14H2,1H3/t17-/m1/s1. The number of sulfonamides is 1. The molecule has 2 heterocycles. The summed E-state index contributed by atoms with van der Waals surface area (Å²) in [5.41, 5.74) is 2.07. The third-order valence-corrected chi connectivity index (χ3v) is 6.62. The van der Waals surface area contributed by atoms with Crippen molar-refractivity contribution in [2.45, 2.75) is 62.9 Å². The summed E-state index contributed by atoms with van der Waals surface area (Å²) in [7, 11) is -3.53. The predicted molar refractivity (Wildman–Crippen MR) is 99.3 cm³/mol. The first-order chi connectivity index (χ1) is 12.5. The zero-order chi connectivity index (χ0) is 18.6. The lowest BCUT2D eigenvalue weighted by Gasteiger charge is -2.29. The van der Waals surface area contributed by atoms with Gasteiger partial charge in [-0.3, -0.25) is 4.79 Å². The SMILES string of the molecule is CCCCCC(=O)N1CCc2cc(S(=O)(=O)N[C@@H]3CCOC3)ccc2C1. The summed E-state index contributed by atoms with van der Waals surface area (Å²) in [4.78, 5) is 14.5. The van der Waals surface area contributed by atoms with Crippen LogP contribution in [0.1, 0.15) is 50.2 Å². The predicted octanol–water partition coefficient (Wildman–Crippen LogP) is 2.22. The van der Waals surface area contributed by atoms with Crippen LogP contribution in [0.15, 0.2) is 23.1 Å². The van der Waals surface area contributed by atoms with Crippen molar-refractivity contribution in [3.8, 4) is 0 Å². The summed E-state index contributed by atoms with van der Waals surface area (Å²) in [6, 6.07) is 5.10. The van der Waals surface area contributed by atoms with Crippen LogP contribution < -0.4 is 4.72 Å². The molecule has 6 nitrogen and oxygen atoms in total. The highest BCUT2D eigenvalue weighted by molar-refractivity contribution is 7.89. The van der Waals surface area contributed by atoms with Crippen molar-refractivity contribution >= 4 is 15.9 Å². The zero-order valence-corrected chi connectivity index (χ0v) is 16.2. The first kappa shape index (κ1) is 19.3. The van der Waals surface area contributed by atoms with E-state index < -0.39 is 10.0 Å². The van der Waals surface area contributed by atoms with Gasteiger partial charge in [-0.2, -0.15) is 0 Å². The summed E-state index contributed by atoms with van der Waals surface area (Å²) in [6.07, 6.45) is 5.13. The van der Waals surface area contributed by atoms with Gasteiger partial charge in [-0.1, -0.05) is 25.8 Å². The fourth-order valence-corrected chi connectivity index (χ4v) is 4.81. The number of carbonyl (C=O) groups is 1. The minimum Gasteiger partial charge on any atom is -0.380 e. The molecule has 1 N–H and O–H groups in total. The van der Waals surface area contributed by atoms with E-state index in [1.807, 2.05) is 11.0 Å². The van der Waals surface area contributed by atoms with Gasteiger partial charge in [0.25, 0.3) is 0 Å². The van der Waals surface area contributed by atoms with Gasteiger partial charge in [0.15, 0.2) is 0 Å². The minimum atomic E-state index is -3.53. The van der Waals surface area contributed by atoms with Crippen LogP contribution in [0.25, 0.3) is 0 Å². The van der Waals surface area contributed by atoms with E-state index in [9.17, 15) is 13.2 Å². The van der Waals surface area contributed by atoms with E-state index in [4.69, 9.17) is 4.74 Å². The van der Waals surface area contributed by atoms with Crippen LogP contribution in [0.5, 0.6) is 0 Å². The molecule has 26 heavy (non-hydrogen) atoms. The number of nitrogens with one attached hydrogen (secondary N) is 1. The van der Waals surface area contributed by atoms with E-state index in [1.165, 1.54) is 0 Å². The number of hydrogen-bond donors (Lipinski definition) is 1. The molecule has 1 amide bonds. The van der Waals surface area contributed by atoms with Crippen molar-refractivity contribution in [1.29, 1.82) is 0 Å². The number of ether oxygens (including phenoxy) is 1. The molecule has 0 spiro atoms. The van der Waals surface area contributed by atoms with Crippen molar-refractivity contribution < 1.29 is 17.9 Å². The average molecular weight is 381 g/mol. The maximum Gasteiger partial charge on any atom is 0.240 e. The number of carbonyl (C=O) groups excluding carboxylic acids is 1. The topological polar surface area (TPSA) is 75.7 Å². The maximum absolute atomic E-state index is 12.6. The molecule has 3 rings (SSSR count). The third kappa shape index (κ3) is 4.64. The fraction of sp³-hybridized carbons (Fsp3) is 0.632. The number of unbranched alkanes of at least 4 members (excludes halogenated alkanes) is 2. The average Bonchev–Trinajstić information content (AvgIpc) is 3.13. The summed E-state index contributed by atoms with van der Waals surface area (Å²) >= 11 is 0. The number of fused-ring (bicyclic) bond motifs is 1. The third-order valence-electron chi connectivity index (χ3n) is 5.10. The van der Waals surface area contributed by atoms with Gasteiger partial charge >= 0.3 is 0 Å². The molecular weight excluding hydrogens is 352 g/mol. The van der Waals surface area contributed by atoms with Crippen LogP contribution in [-0.2, 0) is 32.5 Å². The van der Waals surface area contributed by atoms with E-state index in [2.05, 4.69) is 11.6 Å². The molecule has 2 aliphatic rings. The molecule has 1 aromatic carbocycles. The van der Waals surface area contributed by atoms with E-state index in [-0.39, 0.29) is 11.9 Å². The number of amides is 1. The summed E-state index contributed by atoms with van der Waals surface area (Å²) < 4.78 is 33.1. The number of nitrogens with zero attached hydrogens (tertiary/aromatic N) is 1. The largest absolute Gasteiger partial charge is 0.380 e. The van der Waals surface area contributed by atoms with E-state index in [0.717, 1.165) is 30.4 Å². The number of hydrogen-bond acceptors (Lipinski definition) is 4. The van der Waals surface area contributed by atoms with Crippen LogP contribution in [0, 0.1) is 0 Å². The Balaban J connectivity index is 1.65. The summed E-state index contributed by atoms with van der Waals surface area (Å²) in [5, 5.41) is 0. The Hall–Kier alpha value is -1.44. The quantitative estimate of drug-likeness (QED) is 0.736. The molecule has 1 fully saturated rings. The second-order valence-corrected chi connectivity index (χ2v) is 8.85. The van der Waals surface area contributed by atoms with Crippen LogP contribution in [0.3, 0.4) is 0 Å². The fourth-order valence-electron chi connectivity index (χ4n) is 3.51. The second-order valence-electron chi connectivity index (χ2n) is 7.13. The van der Waals surface area contributed by atoms with Gasteiger partial charge in [-0.25, -0.2) is 13.1 Å². The molecule has 1 saturated heterocycles. The van der Waals surface area contributed by atoms with Crippen LogP contribution in [-0.4, -0.2) is 45.0 Å². The Labute approximate surface area is 156 Å². The van der Waals surface area contributed by atoms with Gasteiger partial charge in [0.1, 0.15) is 0 Å². The molecule has 0 aromatic heterocycles. The van der Waals surface area contributed by atoms with Crippen molar-refractivity contribution in [1.82, 2.24) is 9.62 Å². The first-order valence-electron chi connectivity index (χ1n) is 9.49. The Bertz CT molecular complexity index is 742. The van der Waals surface area contributed by atoms with Crippen LogP contribution >= 0.6 is 0 Å². The number of rotatable bonds is 7. The van der Waals surface area contributed by atoms with Crippen molar-refractivity contribution in [3.05, 3.63) is 29.3 Å². The van der Waals surface area contributed by atoms with Crippen molar-refractivity contribution in [3.63, 3.8) is 0 Å². The summed E-state index contributed by atoms with van der Waals surface area (Å²) in [6.45, 7) is 4.39. The molecule has 0 unspecified atom stereocenters. The highest BCUT2D eigenvalue weighted by Crippen LogP contribution is 2.24. The molecule has 0 saturated carbocycles.